The second kappa shape index (κ2) is 5.74. The Labute approximate surface area is 88.5 Å². The van der Waals surface area contributed by atoms with Gasteiger partial charge < -0.3 is 21.0 Å². The molecular weight excluding hydrogens is 194 g/mol. The summed E-state index contributed by atoms with van der Waals surface area (Å²) >= 11 is 0. The van der Waals surface area contributed by atoms with Gasteiger partial charge in [0.1, 0.15) is 11.6 Å². The third-order valence-corrected chi connectivity index (χ3v) is 1.91. The Morgan fingerprint density at radius 3 is 3.07 bits per heavy atom. The zero-order chi connectivity index (χ0) is 11.1. The number of methoxy groups -OCH3 is 1. The van der Waals surface area contributed by atoms with Gasteiger partial charge in [0.15, 0.2) is 0 Å². The highest BCUT2D eigenvalue weighted by Gasteiger charge is 1.96. The molecule has 1 aromatic rings. The predicted octanol–water partition coefficient (Wildman–Crippen LogP) is 1.24. The molecule has 0 fully saturated rings. The molecule has 4 N–H and O–H groups in total. The van der Waals surface area contributed by atoms with E-state index in [1.165, 1.54) is 0 Å². The van der Waals surface area contributed by atoms with Gasteiger partial charge in [0, 0.05) is 24.7 Å². The van der Waals surface area contributed by atoms with Gasteiger partial charge in [-0.1, -0.05) is 11.2 Å². The van der Waals surface area contributed by atoms with E-state index in [-0.39, 0.29) is 5.84 Å². The van der Waals surface area contributed by atoms with Crippen LogP contribution in [0, 0.1) is 0 Å². The summed E-state index contributed by atoms with van der Waals surface area (Å²) in [5, 5.41) is 14.3. The van der Waals surface area contributed by atoms with Crippen LogP contribution in [0.15, 0.2) is 29.4 Å². The molecule has 82 valence electrons. The highest BCUT2D eigenvalue weighted by molar-refractivity contribution is 5.80. The molecule has 5 nitrogen and oxygen atoms in total. The van der Waals surface area contributed by atoms with Crippen LogP contribution >= 0.6 is 0 Å². The van der Waals surface area contributed by atoms with Crippen LogP contribution in [-0.2, 0) is 0 Å². The van der Waals surface area contributed by atoms with Gasteiger partial charge in [-0.2, -0.15) is 0 Å². The molecule has 0 heterocycles. The SMILES string of the molecule is COc1cccc(NCC/C(N)=N/O)c1. The number of hydrogen-bond donors (Lipinski definition) is 3. The minimum atomic E-state index is 0.213. The summed E-state index contributed by atoms with van der Waals surface area (Å²) in [5.74, 6) is 1.01. The van der Waals surface area contributed by atoms with E-state index < -0.39 is 0 Å². The normalized spacial score (nSPS) is 11.1. The fraction of sp³-hybridized carbons (Fsp3) is 0.300. The standard InChI is InChI=1S/C10H15N3O2/c1-15-9-4-2-3-8(7-9)12-6-5-10(11)13-14/h2-4,7,12,14H,5-6H2,1H3,(H2,11,13). The Morgan fingerprint density at radius 2 is 2.40 bits per heavy atom. The Bertz CT molecular complexity index is 339. The minimum absolute atomic E-state index is 0.213. The molecule has 0 aliphatic heterocycles. The van der Waals surface area contributed by atoms with E-state index in [0.29, 0.717) is 13.0 Å². The molecule has 0 aliphatic carbocycles. The van der Waals surface area contributed by atoms with Crippen LogP contribution < -0.4 is 15.8 Å². The van der Waals surface area contributed by atoms with Crippen LogP contribution in [0.5, 0.6) is 5.75 Å². The third kappa shape index (κ3) is 3.76. The summed E-state index contributed by atoms with van der Waals surface area (Å²) in [6, 6.07) is 7.57. The molecule has 0 unspecified atom stereocenters. The third-order valence-electron chi connectivity index (χ3n) is 1.91. The van der Waals surface area contributed by atoms with Gasteiger partial charge in [0.05, 0.1) is 7.11 Å². The zero-order valence-corrected chi connectivity index (χ0v) is 8.60. The smallest absolute Gasteiger partial charge is 0.140 e. The summed E-state index contributed by atoms with van der Waals surface area (Å²) in [4.78, 5) is 0. The topological polar surface area (TPSA) is 79.9 Å². The van der Waals surface area contributed by atoms with E-state index in [1.807, 2.05) is 24.3 Å². The molecule has 5 heteroatoms. The lowest BCUT2D eigenvalue weighted by Gasteiger charge is -2.07. The fourth-order valence-electron chi connectivity index (χ4n) is 1.12. The van der Waals surface area contributed by atoms with Gasteiger partial charge in [-0.05, 0) is 12.1 Å². The number of ether oxygens (including phenoxy) is 1. The van der Waals surface area contributed by atoms with Crippen LogP contribution in [0.3, 0.4) is 0 Å². The Kier molecular flexibility index (Phi) is 4.28. The van der Waals surface area contributed by atoms with E-state index in [4.69, 9.17) is 15.7 Å². The number of nitrogens with zero attached hydrogens (tertiary/aromatic N) is 1. The summed E-state index contributed by atoms with van der Waals surface area (Å²) in [6.45, 7) is 0.614. The first-order valence-electron chi connectivity index (χ1n) is 4.60. The Hall–Kier alpha value is -1.91. The van der Waals surface area contributed by atoms with Gasteiger partial charge in [-0.15, -0.1) is 0 Å². The van der Waals surface area contributed by atoms with Gasteiger partial charge in [-0.25, -0.2) is 0 Å². The van der Waals surface area contributed by atoms with Crippen LogP contribution in [0.2, 0.25) is 0 Å². The number of nitrogens with two attached hydrogens (primary N) is 1. The summed E-state index contributed by atoms with van der Waals surface area (Å²) in [7, 11) is 1.62. The molecule has 0 radical (unpaired) electrons. The first kappa shape index (κ1) is 11.2. The summed E-state index contributed by atoms with van der Waals surface area (Å²) < 4.78 is 5.08. The van der Waals surface area contributed by atoms with E-state index in [1.54, 1.807) is 7.11 Å². The molecule has 1 aromatic carbocycles. The van der Waals surface area contributed by atoms with Crippen molar-refractivity contribution in [2.24, 2.45) is 10.9 Å². The van der Waals surface area contributed by atoms with E-state index in [9.17, 15) is 0 Å². The summed E-state index contributed by atoms with van der Waals surface area (Å²) in [6.07, 6.45) is 0.494. The molecule has 0 saturated carbocycles. The average Bonchev–Trinajstić information content (AvgIpc) is 2.29. The lowest BCUT2D eigenvalue weighted by molar-refractivity contribution is 0.317. The first-order valence-corrected chi connectivity index (χ1v) is 4.60. The molecule has 0 bridgehead atoms. The lowest BCUT2D eigenvalue weighted by Crippen LogP contribution is -2.16. The molecule has 0 aliphatic rings. The van der Waals surface area contributed by atoms with Crippen molar-refractivity contribution in [3.05, 3.63) is 24.3 Å². The maximum atomic E-state index is 8.33. The van der Waals surface area contributed by atoms with Crippen molar-refractivity contribution in [2.45, 2.75) is 6.42 Å². The van der Waals surface area contributed by atoms with Crippen molar-refractivity contribution >= 4 is 11.5 Å². The van der Waals surface area contributed by atoms with Crippen molar-refractivity contribution < 1.29 is 9.94 Å². The highest BCUT2D eigenvalue weighted by atomic mass is 16.5. The zero-order valence-electron chi connectivity index (χ0n) is 8.60. The summed E-state index contributed by atoms with van der Waals surface area (Å²) in [5.41, 5.74) is 6.27. The number of oxime groups is 1. The molecular formula is C10H15N3O2. The van der Waals surface area contributed by atoms with E-state index in [2.05, 4.69) is 10.5 Å². The molecule has 0 saturated heterocycles. The highest BCUT2D eigenvalue weighted by Crippen LogP contribution is 2.16. The van der Waals surface area contributed by atoms with Crippen molar-refractivity contribution in [3.8, 4) is 5.75 Å². The molecule has 0 atom stereocenters. The number of hydrogen-bond acceptors (Lipinski definition) is 4. The predicted molar refractivity (Wildman–Crippen MR) is 59.5 cm³/mol. The van der Waals surface area contributed by atoms with Crippen molar-refractivity contribution in [3.63, 3.8) is 0 Å². The van der Waals surface area contributed by atoms with Gasteiger partial charge in [-0.3, -0.25) is 0 Å². The van der Waals surface area contributed by atoms with Gasteiger partial charge in [0.2, 0.25) is 0 Å². The first-order chi connectivity index (χ1) is 7.26. The molecule has 0 amide bonds. The van der Waals surface area contributed by atoms with Crippen LogP contribution in [0.1, 0.15) is 6.42 Å². The van der Waals surface area contributed by atoms with Crippen LogP contribution in [0.4, 0.5) is 5.69 Å². The van der Waals surface area contributed by atoms with E-state index in [0.717, 1.165) is 11.4 Å². The molecule has 0 spiro atoms. The van der Waals surface area contributed by atoms with Crippen LogP contribution in [0.25, 0.3) is 0 Å². The largest absolute Gasteiger partial charge is 0.497 e. The van der Waals surface area contributed by atoms with Crippen molar-refractivity contribution in [2.75, 3.05) is 19.0 Å². The Morgan fingerprint density at radius 1 is 1.60 bits per heavy atom. The number of benzene rings is 1. The molecule has 0 aromatic heterocycles. The molecule has 1 rings (SSSR count). The number of nitrogens with one attached hydrogen (secondary N) is 1. The van der Waals surface area contributed by atoms with Crippen molar-refractivity contribution in [1.82, 2.24) is 0 Å². The number of amidine groups is 1. The van der Waals surface area contributed by atoms with Crippen molar-refractivity contribution in [1.29, 1.82) is 0 Å². The quantitative estimate of drug-likeness (QED) is 0.295. The molecule has 15 heavy (non-hydrogen) atoms. The van der Waals surface area contributed by atoms with Gasteiger partial charge >= 0.3 is 0 Å². The maximum absolute atomic E-state index is 8.33. The second-order valence-corrected chi connectivity index (χ2v) is 3.00. The van der Waals surface area contributed by atoms with Crippen LogP contribution in [-0.4, -0.2) is 24.7 Å². The lowest BCUT2D eigenvalue weighted by atomic mass is 10.3. The van der Waals surface area contributed by atoms with Gasteiger partial charge in [0.25, 0.3) is 0 Å². The average molecular weight is 209 g/mol. The Balaban J connectivity index is 2.43. The maximum Gasteiger partial charge on any atom is 0.140 e. The second-order valence-electron chi connectivity index (χ2n) is 3.00. The number of rotatable bonds is 5. The van der Waals surface area contributed by atoms with E-state index >= 15 is 0 Å². The minimum Gasteiger partial charge on any atom is -0.497 e. The fourth-order valence-corrected chi connectivity index (χ4v) is 1.12. The monoisotopic (exact) mass is 209 g/mol. The number of anilines is 1.